The normalized spacial score (nSPS) is 5.14. The molecule has 0 aliphatic carbocycles. The van der Waals surface area contributed by atoms with Gasteiger partial charge in [-0.05, 0) is 18.5 Å². The van der Waals surface area contributed by atoms with Crippen molar-refractivity contribution in [1.82, 2.24) is 0 Å². The van der Waals surface area contributed by atoms with Gasteiger partial charge in [0.05, 0.1) is 0 Å². The molecule has 14 heavy (non-hydrogen) atoms. The summed E-state index contributed by atoms with van der Waals surface area (Å²) in [6.45, 7) is 0. The van der Waals surface area contributed by atoms with Gasteiger partial charge in [0.15, 0.2) is 0 Å². The zero-order valence-corrected chi connectivity index (χ0v) is 12.3. The quantitative estimate of drug-likeness (QED) is 0.329. The van der Waals surface area contributed by atoms with E-state index in [9.17, 15) is 0 Å². The molecule has 0 saturated carbocycles. The van der Waals surface area contributed by atoms with Crippen LogP contribution in [0.2, 0.25) is 0 Å². The van der Waals surface area contributed by atoms with Crippen molar-refractivity contribution >= 4 is 18.5 Å². The molecule has 9 nitrogen and oxygen atoms in total. The van der Waals surface area contributed by atoms with Crippen molar-refractivity contribution in [3.05, 3.63) is 0 Å². The minimum Gasteiger partial charge on any atom is -0.652 e. The first-order valence-electron chi connectivity index (χ1n) is 1.84. The van der Waals surface area contributed by atoms with Crippen molar-refractivity contribution in [3.8, 4) is 0 Å². The van der Waals surface area contributed by atoms with Gasteiger partial charge >= 0.3 is 29.6 Å². The fourth-order valence-corrected chi connectivity index (χ4v) is 0. The SMILES string of the molecule is O=C([O-])[O-].O=C([O-])[O-].O=C([O-])[O-].[Na+].[Np]. The zero-order chi connectivity index (χ0) is 10.7. The molecule has 0 rings (SSSR count). The van der Waals surface area contributed by atoms with Crippen LogP contribution in [0.3, 0.4) is 0 Å². The van der Waals surface area contributed by atoms with Crippen LogP contribution in [-0.4, -0.2) is 18.5 Å². The van der Waals surface area contributed by atoms with Gasteiger partial charge in [-0.3, -0.25) is 0 Å². The minimum absolute atomic E-state index is 0. The van der Waals surface area contributed by atoms with Gasteiger partial charge in [0.2, 0.25) is 0 Å². The summed E-state index contributed by atoms with van der Waals surface area (Å²) >= 11 is 0. The maximum atomic E-state index is 8.33. The largest absolute Gasteiger partial charge is 1.00 e. The van der Waals surface area contributed by atoms with Gasteiger partial charge in [0.1, 0.15) is 0 Å². The Balaban J connectivity index is -0.0000000270. The van der Waals surface area contributed by atoms with Gasteiger partial charge in [-0.1, -0.05) is 0 Å². The molecule has 0 aromatic rings. The summed E-state index contributed by atoms with van der Waals surface area (Å²) in [5, 5.41) is 50.0. The van der Waals surface area contributed by atoms with E-state index in [1.165, 1.54) is 0 Å². The molecule has 11 heteroatoms. The van der Waals surface area contributed by atoms with Crippen LogP contribution >= 0.6 is 0 Å². The topological polar surface area (TPSA) is 190 Å². The van der Waals surface area contributed by atoms with Crippen molar-refractivity contribution < 1.29 is 105 Å². The Morgan fingerprint density at radius 3 is 0.571 bits per heavy atom. The number of hydrogen-bond acceptors (Lipinski definition) is 9. The van der Waals surface area contributed by atoms with E-state index in [2.05, 4.69) is 0 Å². The first-order chi connectivity index (χ1) is 5.20. The average Bonchev–Trinajstić information content (AvgIpc) is 1.54. The van der Waals surface area contributed by atoms with Gasteiger partial charge in [0, 0.05) is 29.9 Å². The molecule has 0 aliphatic rings. The molecule has 0 unspecified atom stereocenters. The number of rotatable bonds is 0. The number of hydrogen-bond donors (Lipinski definition) is 0. The molecule has 0 heterocycles. The van der Waals surface area contributed by atoms with Gasteiger partial charge < -0.3 is 45.0 Å². The first-order valence-corrected chi connectivity index (χ1v) is 1.84. The van der Waals surface area contributed by atoms with E-state index >= 15 is 0 Å². The van der Waals surface area contributed by atoms with Crippen molar-refractivity contribution in [3.63, 3.8) is 0 Å². The Kier molecular flexibility index (Phi) is 48.0. The van der Waals surface area contributed by atoms with Crippen LogP contribution in [0.15, 0.2) is 0 Å². The van der Waals surface area contributed by atoms with Crippen LogP contribution in [0.1, 0.15) is 0 Å². The predicted octanol–water partition coefficient (Wildman–Crippen LogP) is -10.3. The summed E-state index contributed by atoms with van der Waals surface area (Å²) in [7, 11) is 0. The van der Waals surface area contributed by atoms with Crippen molar-refractivity contribution in [2.75, 3.05) is 0 Å². The van der Waals surface area contributed by atoms with Crippen molar-refractivity contribution in [1.29, 1.82) is 0 Å². The van der Waals surface area contributed by atoms with Crippen LogP contribution < -0.4 is 60.2 Å². The molecule has 0 bridgehead atoms. The van der Waals surface area contributed by atoms with Gasteiger partial charge in [0.25, 0.3) is 0 Å². The fraction of sp³-hybridized carbons (Fsp3) is 0. The van der Waals surface area contributed by atoms with Crippen molar-refractivity contribution in [2.45, 2.75) is 0 Å². The van der Waals surface area contributed by atoms with E-state index in [1.54, 1.807) is 0 Å². The fourth-order valence-electron chi connectivity index (χ4n) is 0. The second-order valence-corrected chi connectivity index (χ2v) is 0.750. The third-order valence-electron chi connectivity index (χ3n) is 0. The molecule has 77 valence electrons. The Morgan fingerprint density at radius 2 is 0.571 bits per heavy atom. The van der Waals surface area contributed by atoms with Gasteiger partial charge in [-0.25, -0.2) is 0 Å². The second kappa shape index (κ2) is 23.0. The van der Waals surface area contributed by atoms with Gasteiger partial charge in [-0.2, -0.15) is 0 Å². The standard InChI is InChI=1S/3CH2O3.Na.Np/c3*2-1(3)4;;/h3*(H2,2,3,4);;/q;;;+1;/p-6. The summed E-state index contributed by atoms with van der Waals surface area (Å²) in [6.07, 6.45) is -7.00. The molecular weight excluding hydrogens is 440 g/mol. The zero-order valence-electron chi connectivity index (χ0n) is 6.62. The molecular formula is C3NaNpO9-5. The molecule has 0 fully saturated rings. The predicted molar refractivity (Wildman–Crippen MR) is 16.2 cm³/mol. The van der Waals surface area contributed by atoms with Gasteiger partial charge in [-0.15, -0.1) is 0 Å². The first kappa shape index (κ1) is 29.2. The van der Waals surface area contributed by atoms with Crippen LogP contribution in [0.25, 0.3) is 0 Å². The monoisotopic (exact) mass is 439 g/mol. The Morgan fingerprint density at radius 1 is 0.571 bits per heavy atom. The molecule has 1 radical (unpaired) electrons. The Bertz CT molecular complexity index is 118. The van der Waals surface area contributed by atoms with E-state index in [0.717, 1.165) is 0 Å². The maximum absolute atomic E-state index is 8.33. The van der Waals surface area contributed by atoms with Crippen molar-refractivity contribution in [2.24, 2.45) is 0 Å². The number of carboxylic acid groups (broad SMARTS) is 6. The Labute approximate surface area is 122 Å². The molecule has 0 aliphatic heterocycles. The molecule has 0 atom stereocenters. The second-order valence-electron chi connectivity index (χ2n) is 0.750. The minimum atomic E-state index is -2.33. The molecule has 0 aromatic carbocycles. The summed E-state index contributed by atoms with van der Waals surface area (Å²) in [5.74, 6) is 0. The summed E-state index contributed by atoms with van der Waals surface area (Å²) in [5.41, 5.74) is 0. The molecule has 0 aromatic heterocycles. The molecule has 0 spiro atoms. The molecule has 0 amide bonds. The van der Waals surface area contributed by atoms with Crippen LogP contribution in [0.4, 0.5) is 14.4 Å². The number of carbonyl (C=O) groups is 3. The summed E-state index contributed by atoms with van der Waals surface area (Å²) in [6, 6.07) is 0. The van der Waals surface area contributed by atoms with E-state index in [1.807, 2.05) is 0 Å². The van der Waals surface area contributed by atoms with Crippen LogP contribution in [0.5, 0.6) is 0 Å². The third-order valence-corrected chi connectivity index (χ3v) is 0. The maximum Gasteiger partial charge on any atom is 1.00 e. The molecule has 0 N–H and O–H groups in total. The van der Waals surface area contributed by atoms with E-state index < -0.39 is 18.5 Å². The number of carbonyl (C=O) groups excluding carboxylic acids is 3. The van der Waals surface area contributed by atoms with E-state index in [4.69, 9.17) is 45.0 Å². The van der Waals surface area contributed by atoms with E-state index in [0.29, 0.717) is 0 Å². The third kappa shape index (κ3) is 44200. The van der Waals surface area contributed by atoms with E-state index in [-0.39, 0.29) is 59.5 Å². The summed E-state index contributed by atoms with van der Waals surface area (Å²) in [4.78, 5) is 25.0. The Hall–Kier alpha value is -0.177. The smallest absolute Gasteiger partial charge is 0.652 e. The summed E-state index contributed by atoms with van der Waals surface area (Å²) < 4.78 is 0. The molecule has 0 saturated heterocycles. The van der Waals surface area contributed by atoms with Crippen LogP contribution in [-0.2, 0) is 0 Å². The van der Waals surface area contributed by atoms with Crippen LogP contribution in [0, 0.1) is 29.9 Å². The average molecular weight is 440 g/mol.